The van der Waals surface area contributed by atoms with E-state index in [0.29, 0.717) is 32.1 Å². The number of aromatic nitrogens is 2. The number of carbonyl (C=O) groups is 2. The van der Waals surface area contributed by atoms with Crippen molar-refractivity contribution < 1.29 is 9.59 Å². The fraction of sp³-hybridized carbons (Fsp3) is 0.455. The maximum Gasteiger partial charge on any atom is 0.236 e. The number of piperidine rings is 1. The van der Waals surface area contributed by atoms with E-state index in [1.165, 1.54) is 0 Å². The molecule has 1 aromatic carbocycles. The molecule has 2 fully saturated rings. The van der Waals surface area contributed by atoms with Crippen LogP contribution in [0.4, 0.5) is 11.6 Å². The molecular weight excluding hydrogens is 380 g/mol. The molecule has 1 atom stereocenters. The van der Waals surface area contributed by atoms with Crippen molar-refractivity contribution >= 4 is 23.5 Å². The van der Waals surface area contributed by atoms with Crippen LogP contribution in [-0.4, -0.2) is 77.4 Å². The molecule has 0 spiro atoms. The molecule has 30 heavy (non-hydrogen) atoms. The van der Waals surface area contributed by atoms with E-state index in [9.17, 15) is 9.59 Å². The second-order valence-electron chi connectivity index (χ2n) is 7.85. The number of para-hydroxylation sites is 1. The first kappa shape index (κ1) is 20.3. The van der Waals surface area contributed by atoms with E-state index >= 15 is 0 Å². The molecule has 8 nitrogen and oxygen atoms in total. The van der Waals surface area contributed by atoms with Crippen molar-refractivity contribution in [3.8, 4) is 0 Å². The zero-order chi connectivity index (χ0) is 20.8. The third kappa shape index (κ3) is 5.13. The molecule has 0 radical (unpaired) electrons. The molecule has 2 aliphatic heterocycles. The Labute approximate surface area is 176 Å². The Morgan fingerprint density at radius 3 is 2.43 bits per heavy atom. The van der Waals surface area contributed by atoms with Gasteiger partial charge in [-0.15, -0.1) is 0 Å². The molecule has 2 aromatic rings. The van der Waals surface area contributed by atoms with Crippen LogP contribution >= 0.6 is 0 Å². The molecule has 2 amide bonds. The number of amides is 2. The maximum atomic E-state index is 12.8. The van der Waals surface area contributed by atoms with E-state index in [4.69, 9.17) is 0 Å². The van der Waals surface area contributed by atoms with Crippen molar-refractivity contribution in [3.63, 3.8) is 0 Å². The summed E-state index contributed by atoms with van der Waals surface area (Å²) >= 11 is 0. The summed E-state index contributed by atoms with van der Waals surface area (Å²) in [4.78, 5) is 40.1. The Kier molecular flexibility index (Phi) is 6.53. The molecule has 2 aliphatic rings. The highest BCUT2D eigenvalue weighted by atomic mass is 16.2. The molecule has 4 rings (SSSR count). The van der Waals surface area contributed by atoms with Crippen LogP contribution in [0.25, 0.3) is 0 Å². The van der Waals surface area contributed by atoms with Crippen LogP contribution < -0.4 is 10.2 Å². The van der Waals surface area contributed by atoms with Gasteiger partial charge in [0.25, 0.3) is 0 Å². The fourth-order valence-corrected chi connectivity index (χ4v) is 4.08. The molecule has 1 aromatic heterocycles. The zero-order valence-corrected chi connectivity index (χ0v) is 17.1. The highest BCUT2D eigenvalue weighted by Gasteiger charge is 2.29. The van der Waals surface area contributed by atoms with Gasteiger partial charge in [0, 0.05) is 50.8 Å². The summed E-state index contributed by atoms with van der Waals surface area (Å²) in [5, 5.41) is 2.99. The number of anilines is 2. The Morgan fingerprint density at radius 1 is 0.967 bits per heavy atom. The van der Waals surface area contributed by atoms with Gasteiger partial charge in [-0.05, 0) is 37.6 Å². The van der Waals surface area contributed by atoms with Crippen molar-refractivity contribution in [2.24, 2.45) is 5.92 Å². The van der Waals surface area contributed by atoms with Gasteiger partial charge in [-0.25, -0.2) is 9.97 Å². The summed E-state index contributed by atoms with van der Waals surface area (Å²) in [6, 6.07) is 11.3. The first-order valence-corrected chi connectivity index (χ1v) is 10.6. The van der Waals surface area contributed by atoms with Gasteiger partial charge in [0.1, 0.15) is 0 Å². The highest BCUT2D eigenvalue weighted by Crippen LogP contribution is 2.19. The minimum absolute atomic E-state index is 0.0369. The topological polar surface area (TPSA) is 81.7 Å². The predicted octanol–water partition coefficient (Wildman–Crippen LogP) is 1.48. The summed E-state index contributed by atoms with van der Waals surface area (Å²) < 4.78 is 0. The molecule has 1 unspecified atom stereocenters. The third-order valence-electron chi connectivity index (χ3n) is 5.74. The van der Waals surface area contributed by atoms with Gasteiger partial charge in [-0.3, -0.25) is 14.5 Å². The second-order valence-corrected chi connectivity index (χ2v) is 7.85. The van der Waals surface area contributed by atoms with Crippen LogP contribution in [0.2, 0.25) is 0 Å². The number of benzene rings is 1. The average molecular weight is 409 g/mol. The molecule has 1 N–H and O–H groups in total. The number of hydrogen-bond acceptors (Lipinski definition) is 6. The van der Waals surface area contributed by atoms with E-state index in [1.54, 1.807) is 18.5 Å². The lowest BCUT2D eigenvalue weighted by atomic mass is 9.97. The van der Waals surface area contributed by atoms with Crippen molar-refractivity contribution in [1.82, 2.24) is 19.8 Å². The number of nitrogens with one attached hydrogen (secondary N) is 1. The summed E-state index contributed by atoms with van der Waals surface area (Å²) in [5.74, 6) is 0.800. The smallest absolute Gasteiger partial charge is 0.236 e. The number of likely N-dealkylation sites (tertiary alicyclic amines) is 1. The number of piperazine rings is 1. The number of hydrogen-bond donors (Lipinski definition) is 1. The number of nitrogens with zero attached hydrogens (tertiary/aromatic N) is 5. The van der Waals surface area contributed by atoms with Crippen molar-refractivity contribution in [2.75, 3.05) is 56.0 Å². The minimum Gasteiger partial charge on any atom is -0.338 e. The molecule has 0 saturated carbocycles. The van der Waals surface area contributed by atoms with Gasteiger partial charge in [0.2, 0.25) is 17.8 Å². The van der Waals surface area contributed by atoms with E-state index in [-0.39, 0.29) is 17.7 Å². The maximum absolute atomic E-state index is 12.8. The lowest BCUT2D eigenvalue weighted by Crippen LogP contribution is -2.52. The van der Waals surface area contributed by atoms with E-state index in [0.717, 1.165) is 38.2 Å². The SMILES string of the molecule is O=C(Nc1ccccc1)C1CCCN(CC(=O)N2CCN(c3ncccn3)CC2)C1. The Hall–Kier alpha value is -3.00. The minimum atomic E-state index is -0.0844. The summed E-state index contributed by atoms with van der Waals surface area (Å²) in [6.45, 7) is 4.67. The van der Waals surface area contributed by atoms with Gasteiger partial charge in [0.15, 0.2) is 0 Å². The predicted molar refractivity (Wildman–Crippen MR) is 115 cm³/mol. The molecule has 2 saturated heterocycles. The zero-order valence-electron chi connectivity index (χ0n) is 17.1. The fourth-order valence-electron chi connectivity index (χ4n) is 4.08. The van der Waals surface area contributed by atoms with Crippen LogP contribution in [0, 0.1) is 5.92 Å². The van der Waals surface area contributed by atoms with Gasteiger partial charge >= 0.3 is 0 Å². The Balaban J connectivity index is 1.25. The molecular formula is C22H28N6O2. The summed E-state index contributed by atoms with van der Waals surface area (Å²) in [7, 11) is 0. The lowest BCUT2D eigenvalue weighted by Gasteiger charge is -2.37. The largest absolute Gasteiger partial charge is 0.338 e. The molecule has 0 bridgehead atoms. The third-order valence-corrected chi connectivity index (χ3v) is 5.74. The molecule has 3 heterocycles. The first-order valence-electron chi connectivity index (χ1n) is 10.6. The van der Waals surface area contributed by atoms with Gasteiger partial charge in [-0.1, -0.05) is 18.2 Å². The quantitative estimate of drug-likeness (QED) is 0.807. The summed E-state index contributed by atoms with van der Waals surface area (Å²) in [6.07, 6.45) is 5.26. The van der Waals surface area contributed by atoms with Gasteiger partial charge in [-0.2, -0.15) is 0 Å². The standard InChI is InChI=1S/C22H28N6O2/c29-20(27-12-14-28(15-13-27)22-23-9-5-10-24-22)17-26-11-4-6-18(16-26)21(30)25-19-7-2-1-3-8-19/h1-3,5,7-10,18H,4,6,11-17H2,(H,25,30). The van der Waals surface area contributed by atoms with Crippen molar-refractivity contribution in [3.05, 3.63) is 48.8 Å². The number of rotatable bonds is 5. The Morgan fingerprint density at radius 2 is 1.70 bits per heavy atom. The second kappa shape index (κ2) is 9.67. The van der Waals surface area contributed by atoms with Crippen LogP contribution in [0.3, 0.4) is 0 Å². The van der Waals surface area contributed by atoms with Crippen molar-refractivity contribution in [1.29, 1.82) is 0 Å². The van der Waals surface area contributed by atoms with Crippen molar-refractivity contribution in [2.45, 2.75) is 12.8 Å². The van der Waals surface area contributed by atoms with Crippen LogP contribution in [-0.2, 0) is 9.59 Å². The Bertz CT molecular complexity index is 839. The van der Waals surface area contributed by atoms with Gasteiger partial charge in [0.05, 0.1) is 12.5 Å². The van der Waals surface area contributed by atoms with Crippen LogP contribution in [0.15, 0.2) is 48.8 Å². The van der Waals surface area contributed by atoms with Gasteiger partial charge < -0.3 is 15.1 Å². The summed E-state index contributed by atoms with van der Waals surface area (Å²) in [5.41, 5.74) is 0.816. The van der Waals surface area contributed by atoms with E-state index < -0.39 is 0 Å². The average Bonchev–Trinajstić information content (AvgIpc) is 2.80. The van der Waals surface area contributed by atoms with Crippen LogP contribution in [0.1, 0.15) is 12.8 Å². The normalized spacial score (nSPS) is 20.1. The van der Waals surface area contributed by atoms with E-state index in [1.807, 2.05) is 35.2 Å². The number of carbonyl (C=O) groups excluding carboxylic acids is 2. The highest BCUT2D eigenvalue weighted by molar-refractivity contribution is 5.92. The molecule has 8 heteroatoms. The lowest BCUT2D eigenvalue weighted by molar-refractivity contribution is -0.134. The van der Waals surface area contributed by atoms with E-state index in [2.05, 4.69) is 25.1 Å². The van der Waals surface area contributed by atoms with Crippen LogP contribution in [0.5, 0.6) is 0 Å². The molecule has 158 valence electrons. The first-order chi connectivity index (χ1) is 14.7. The monoisotopic (exact) mass is 408 g/mol. The molecule has 0 aliphatic carbocycles.